The number of benzene rings is 1. The van der Waals surface area contributed by atoms with Crippen LogP contribution >= 0.6 is 23.2 Å². The van der Waals surface area contributed by atoms with Crippen LogP contribution in [0.5, 0.6) is 0 Å². The van der Waals surface area contributed by atoms with E-state index in [2.05, 4.69) is 18.9 Å². The molecule has 0 radical (unpaired) electrons. The molecule has 1 amide bonds. The smallest absolute Gasteiger partial charge is 0.433 e. The summed E-state index contributed by atoms with van der Waals surface area (Å²) < 4.78 is 43.9. The monoisotopic (exact) mass is 587 g/mol. The van der Waals surface area contributed by atoms with Crippen LogP contribution in [0.1, 0.15) is 84.8 Å². The van der Waals surface area contributed by atoms with Crippen LogP contribution in [0.25, 0.3) is 0 Å². The molecule has 4 rings (SSSR count). The van der Waals surface area contributed by atoms with Gasteiger partial charge in [0.05, 0.1) is 45.9 Å². The van der Waals surface area contributed by atoms with Crippen molar-refractivity contribution in [1.29, 1.82) is 0 Å². The fraction of sp³-hybridized carbons (Fsp3) is 0.556. The molecule has 0 spiro atoms. The van der Waals surface area contributed by atoms with E-state index >= 15 is 0 Å². The molecule has 7 nitrogen and oxygen atoms in total. The first kappa shape index (κ1) is 29.4. The number of amides is 1. The lowest BCUT2D eigenvalue weighted by atomic mass is 9.64. The fourth-order valence-corrected chi connectivity index (χ4v) is 6.60. The predicted octanol–water partition coefficient (Wildman–Crippen LogP) is 6.79. The van der Waals surface area contributed by atoms with Crippen LogP contribution < -0.4 is 0 Å². The van der Waals surface area contributed by atoms with Gasteiger partial charge in [-0.15, -0.1) is 0 Å². The van der Waals surface area contributed by atoms with Crippen LogP contribution in [0, 0.1) is 17.3 Å². The van der Waals surface area contributed by atoms with Gasteiger partial charge in [0, 0.05) is 6.54 Å². The number of alkyl halides is 3. The largest absolute Gasteiger partial charge is 0.481 e. The van der Waals surface area contributed by atoms with Gasteiger partial charge < -0.3 is 10.0 Å². The summed E-state index contributed by atoms with van der Waals surface area (Å²) in [5.74, 6) is -3.09. The summed E-state index contributed by atoms with van der Waals surface area (Å²) in [7, 11) is 0. The highest BCUT2D eigenvalue weighted by atomic mass is 35.5. The Morgan fingerprint density at radius 2 is 1.69 bits per heavy atom. The molecule has 0 saturated heterocycles. The first-order valence-electron chi connectivity index (χ1n) is 12.8. The van der Waals surface area contributed by atoms with Gasteiger partial charge in [-0.1, -0.05) is 43.1 Å². The standard InChI is InChI=1S/C27H30Cl2F3N3O4/c1-26(2)10-15(11-26)13-34(14-21(36)22-19(28)4-3-5-20(22)29)24(37)18-12-33-35(23(18)27(30,31)32)17-8-6-16(7-9-17)25(38)39/h3-5,12,15-17H,6-11,13-14H2,1-2H3,(H,38,39). The molecule has 39 heavy (non-hydrogen) atoms. The van der Waals surface area contributed by atoms with Crippen molar-refractivity contribution in [2.45, 2.75) is 64.6 Å². The van der Waals surface area contributed by atoms with E-state index in [0.29, 0.717) is 0 Å². The van der Waals surface area contributed by atoms with Gasteiger partial charge in [-0.05, 0) is 62.0 Å². The maximum absolute atomic E-state index is 14.4. The van der Waals surface area contributed by atoms with Crippen molar-refractivity contribution in [1.82, 2.24) is 14.7 Å². The summed E-state index contributed by atoms with van der Waals surface area (Å²) in [6.07, 6.45) is -1.65. The highest BCUT2D eigenvalue weighted by molar-refractivity contribution is 6.40. The normalized spacial score (nSPS) is 21.3. The second kappa shape index (κ2) is 11.1. The number of carboxylic acid groups (broad SMARTS) is 1. The molecule has 0 unspecified atom stereocenters. The molecule has 1 N–H and O–H groups in total. The van der Waals surface area contributed by atoms with Crippen LogP contribution in [-0.4, -0.2) is 50.5 Å². The van der Waals surface area contributed by atoms with E-state index in [1.165, 1.54) is 12.1 Å². The summed E-state index contributed by atoms with van der Waals surface area (Å²) in [5.41, 5.74) is -1.77. The number of Topliss-reactive ketones (excluding diaryl/α,β-unsaturated/α-hetero) is 1. The van der Waals surface area contributed by atoms with Crippen molar-refractivity contribution in [2.24, 2.45) is 17.3 Å². The molecule has 12 heteroatoms. The van der Waals surface area contributed by atoms with Crippen molar-refractivity contribution in [3.05, 3.63) is 51.3 Å². The number of halogens is 5. The third-order valence-corrected chi connectivity index (χ3v) is 8.34. The fourth-order valence-electron chi connectivity index (χ4n) is 6.00. The maximum Gasteiger partial charge on any atom is 0.433 e. The van der Waals surface area contributed by atoms with Gasteiger partial charge >= 0.3 is 12.1 Å². The van der Waals surface area contributed by atoms with Crippen molar-refractivity contribution >= 4 is 40.9 Å². The average molecular weight is 588 g/mol. The zero-order chi connectivity index (χ0) is 28.7. The SMILES string of the molecule is CC1(C)CC(CN(CC(=O)c2c(Cl)cccc2Cl)C(=O)c2cnn(C3CCC(C(=O)O)CC3)c2C(F)(F)F)C1. The Morgan fingerprint density at radius 1 is 1.10 bits per heavy atom. The molecule has 2 fully saturated rings. The first-order chi connectivity index (χ1) is 18.2. The van der Waals surface area contributed by atoms with Crippen LogP contribution in [0.4, 0.5) is 13.2 Å². The lowest BCUT2D eigenvalue weighted by Crippen LogP contribution is -2.45. The number of carboxylic acids is 1. The Kier molecular flexibility index (Phi) is 8.38. The van der Waals surface area contributed by atoms with Gasteiger partial charge in [0.1, 0.15) is 0 Å². The van der Waals surface area contributed by atoms with Crippen LogP contribution in [-0.2, 0) is 11.0 Å². The van der Waals surface area contributed by atoms with E-state index in [-0.39, 0.29) is 59.2 Å². The van der Waals surface area contributed by atoms with E-state index in [9.17, 15) is 32.7 Å². The molecular weight excluding hydrogens is 558 g/mol. The van der Waals surface area contributed by atoms with Crippen LogP contribution in [0.15, 0.2) is 24.4 Å². The zero-order valence-electron chi connectivity index (χ0n) is 21.6. The van der Waals surface area contributed by atoms with E-state index in [0.717, 1.165) is 28.6 Å². The molecule has 2 aliphatic rings. The molecule has 2 aliphatic carbocycles. The van der Waals surface area contributed by atoms with E-state index in [1.54, 1.807) is 6.07 Å². The third kappa shape index (κ3) is 6.43. The molecule has 1 aromatic heterocycles. The van der Waals surface area contributed by atoms with Crippen molar-refractivity contribution < 1.29 is 32.7 Å². The molecule has 2 aromatic rings. The van der Waals surface area contributed by atoms with Gasteiger partial charge in [-0.3, -0.25) is 19.1 Å². The maximum atomic E-state index is 14.4. The van der Waals surface area contributed by atoms with Crippen LogP contribution in [0.3, 0.4) is 0 Å². The average Bonchev–Trinajstić information content (AvgIpc) is 3.28. The van der Waals surface area contributed by atoms with Gasteiger partial charge in [0.25, 0.3) is 5.91 Å². The Hall–Kier alpha value is -2.59. The van der Waals surface area contributed by atoms with Gasteiger partial charge in [0.15, 0.2) is 11.5 Å². The number of carbonyl (C=O) groups excluding carboxylic acids is 2. The lowest BCUT2D eigenvalue weighted by molar-refractivity contribution is -0.147. The topological polar surface area (TPSA) is 92.5 Å². The van der Waals surface area contributed by atoms with Gasteiger partial charge in [0.2, 0.25) is 0 Å². The Morgan fingerprint density at radius 3 is 2.21 bits per heavy atom. The van der Waals surface area contributed by atoms with Crippen molar-refractivity contribution in [3.63, 3.8) is 0 Å². The number of hydrogen-bond acceptors (Lipinski definition) is 4. The Bertz CT molecular complexity index is 1240. The molecule has 1 aromatic carbocycles. The molecular formula is C27H30Cl2F3N3O4. The minimum atomic E-state index is -4.90. The third-order valence-electron chi connectivity index (χ3n) is 7.71. The number of aromatic nitrogens is 2. The predicted molar refractivity (Wildman–Crippen MR) is 139 cm³/mol. The lowest BCUT2D eigenvalue weighted by Gasteiger charge is -2.44. The van der Waals surface area contributed by atoms with Gasteiger partial charge in [-0.2, -0.15) is 18.3 Å². The Labute approximate surface area is 234 Å². The summed E-state index contributed by atoms with van der Waals surface area (Å²) in [4.78, 5) is 39.3. The number of nitrogens with zero attached hydrogens (tertiary/aromatic N) is 3. The van der Waals surface area contributed by atoms with E-state index in [4.69, 9.17) is 23.2 Å². The highest BCUT2D eigenvalue weighted by Crippen LogP contribution is 2.45. The summed E-state index contributed by atoms with van der Waals surface area (Å²) in [6.45, 7) is 3.73. The highest BCUT2D eigenvalue weighted by Gasteiger charge is 2.44. The molecule has 1 heterocycles. The molecule has 2 saturated carbocycles. The minimum Gasteiger partial charge on any atom is -0.481 e. The number of aliphatic carboxylic acids is 1. The molecule has 212 valence electrons. The minimum absolute atomic E-state index is 0.00880. The molecule has 0 bridgehead atoms. The number of carbonyl (C=O) groups is 3. The van der Waals surface area contributed by atoms with Crippen molar-refractivity contribution in [3.8, 4) is 0 Å². The molecule has 0 atom stereocenters. The van der Waals surface area contributed by atoms with E-state index < -0.39 is 53.6 Å². The second-order valence-corrected chi connectivity index (χ2v) is 12.2. The number of hydrogen-bond donors (Lipinski definition) is 1. The summed E-state index contributed by atoms with van der Waals surface area (Å²) >= 11 is 12.4. The first-order valence-corrected chi connectivity index (χ1v) is 13.6. The van der Waals surface area contributed by atoms with Crippen LogP contribution in [0.2, 0.25) is 10.0 Å². The molecule has 0 aliphatic heterocycles. The summed E-state index contributed by atoms with van der Waals surface area (Å²) in [6, 6.07) is 3.83. The Balaban J connectivity index is 1.65. The van der Waals surface area contributed by atoms with Gasteiger partial charge in [-0.25, -0.2) is 0 Å². The summed E-state index contributed by atoms with van der Waals surface area (Å²) in [5, 5.41) is 13.4. The quantitative estimate of drug-likeness (QED) is 0.343. The van der Waals surface area contributed by atoms with E-state index in [1.807, 2.05) is 0 Å². The zero-order valence-corrected chi connectivity index (χ0v) is 23.1. The number of ketones is 1. The van der Waals surface area contributed by atoms with Crippen molar-refractivity contribution in [2.75, 3.05) is 13.1 Å². The second-order valence-electron chi connectivity index (χ2n) is 11.3. The number of rotatable bonds is 8.